The zero-order valence-corrected chi connectivity index (χ0v) is 7.18. The van der Waals surface area contributed by atoms with Crippen LogP contribution in [0.25, 0.3) is 0 Å². The Balaban J connectivity index is 2.98. The SMILES string of the molecule is Cc1cn(C(C)C)nc1Cl. The summed E-state index contributed by atoms with van der Waals surface area (Å²) in [5.74, 6) is 0. The van der Waals surface area contributed by atoms with Crippen molar-refractivity contribution in [1.82, 2.24) is 9.78 Å². The summed E-state index contributed by atoms with van der Waals surface area (Å²) in [5.41, 5.74) is 1.04. The molecule has 1 rings (SSSR count). The van der Waals surface area contributed by atoms with Crippen LogP contribution in [-0.4, -0.2) is 9.78 Å². The Hall–Kier alpha value is -0.500. The topological polar surface area (TPSA) is 17.8 Å². The van der Waals surface area contributed by atoms with Crippen LogP contribution in [0, 0.1) is 6.92 Å². The van der Waals surface area contributed by atoms with Crippen molar-refractivity contribution < 1.29 is 0 Å². The Bertz CT molecular complexity index is 208. The zero-order valence-electron chi connectivity index (χ0n) is 6.43. The Morgan fingerprint density at radius 1 is 1.60 bits per heavy atom. The van der Waals surface area contributed by atoms with Gasteiger partial charge in [-0.05, 0) is 20.8 Å². The molecule has 0 radical (unpaired) electrons. The fourth-order valence-electron chi connectivity index (χ4n) is 0.725. The lowest BCUT2D eigenvalue weighted by molar-refractivity contribution is 0.532. The highest BCUT2D eigenvalue weighted by atomic mass is 35.5. The lowest BCUT2D eigenvalue weighted by Crippen LogP contribution is -1.99. The molecular formula is C7H11ClN2. The van der Waals surface area contributed by atoms with E-state index in [0.29, 0.717) is 11.2 Å². The van der Waals surface area contributed by atoms with Gasteiger partial charge in [0.05, 0.1) is 0 Å². The van der Waals surface area contributed by atoms with Gasteiger partial charge < -0.3 is 0 Å². The van der Waals surface area contributed by atoms with Gasteiger partial charge >= 0.3 is 0 Å². The third kappa shape index (κ3) is 1.32. The van der Waals surface area contributed by atoms with Crippen LogP contribution in [0.1, 0.15) is 25.5 Å². The molecule has 0 spiro atoms. The summed E-state index contributed by atoms with van der Waals surface area (Å²) in [6.07, 6.45) is 1.95. The molecule has 1 aromatic rings. The molecule has 0 saturated heterocycles. The van der Waals surface area contributed by atoms with Crippen LogP contribution >= 0.6 is 11.6 Å². The molecule has 0 aromatic carbocycles. The van der Waals surface area contributed by atoms with Crippen molar-refractivity contribution in [3.8, 4) is 0 Å². The van der Waals surface area contributed by atoms with Gasteiger partial charge in [-0.25, -0.2) is 0 Å². The Kier molecular flexibility index (Phi) is 2.00. The minimum absolute atomic E-state index is 0.395. The molecular weight excluding hydrogens is 148 g/mol. The van der Waals surface area contributed by atoms with Crippen LogP contribution in [0.15, 0.2) is 6.20 Å². The molecule has 0 amide bonds. The van der Waals surface area contributed by atoms with E-state index in [2.05, 4.69) is 18.9 Å². The van der Waals surface area contributed by atoms with Gasteiger partial charge in [0.25, 0.3) is 0 Å². The van der Waals surface area contributed by atoms with E-state index in [-0.39, 0.29) is 0 Å². The molecule has 2 nitrogen and oxygen atoms in total. The molecule has 0 aliphatic heterocycles. The van der Waals surface area contributed by atoms with Gasteiger partial charge in [-0.3, -0.25) is 4.68 Å². The Morgan fingerprint density at radius 2 is 2.20 bits per heavy atom. The normalized spacial score (nSPS) is 10.9. The maximum atomic E-state index is 5.74. The number of aromatic nitrogens is 2. The van der Waals surface area contributed by atoms with Gasteiger partial charge in [-0.2, -0.15) is 5.10 Å². The lowest BCUT2D eigenvalue weighted by atomic mass is 10.4. The van der Waals surface area contributed by atoms with E-state index in [1.165, 1.54) is 0 Å². The first-order chi connectivity index (χ1) is 4.61. The first-order valence-electron chi connectivity index (χ1n) is 3.32. The number of rotatable bonds is 1. The van der Waals surface area contributed by atoms with E-state index < -0.39 is 0 Å². The Labute approximate surface area is 65.8 Å². The van der Waals surface area contributed by atoms with Crippen LogP contribution in [-0.2, 0) is 0 Å². The van der Waals surface area contributed by atoms with Crippen molar-refractivity contribution in [3.63, 3.8) is 0 Å². The summed E-state index contributed by atoms with van der Waals surface area (Å²) in [6, 6.07) is 0.395. The molecule has 0 atom stereocenters. The smallest absolute Gasteiger partial charge is 0.153 e. The average molecular weight is 159 g/mol. The average Bonchev–Trinajstić information content (AvgIpc) is 2.13. The number of nitrogens with zero attached hydrogens (tertiary/aromatic N) is 2. The molecule has 10 heavy (non-hydrogen) atoms. The molecule has 1 aromatic heterocycles. The van der Waals surface area contributed by atoms with E-state index in [1.807, 2.05) is 17.8 Å². The number of hydrogen-bond donors (Lipinski definition) is 0. The second-order valence-corrected chi connectivity index (χ2v) is 3.03. The number of aryl methyl sites for hydroxylation is 1. The second-order valence-electron chi connectivity index (χ2n) is 2.68. The van der Waals surface area contributed by atoms with Crippen LogP contribution < -0.4 is 0 Å². The van der Waals surface area contributed by atoms with Gasteiger partial charge in [-0.15, -0.1) is 0 Å². The van der Waals surface area contributed by atoms with Gasteiger partial charge in [-0.1, -0.05) is 11.6 Å². The van der Waals surface area contributed by atoms with Gasteiger partial charge in [0.1, 0.15) is 0 Å². The molecule has 0 aliphatic carbocycles. The van der Waals surface area contributed by atoms with Crippen molar-refractivity contribution in [3.05, 3.63) is 16.9 Å². The number of hydrogen-bond acceptors (Lipinski definition) is 1. The fraction of sp³-hybridized carbons (Fsp3) is 0.571. The van der Waals surface area contributed by atoms with E-state index in [4.69, 9.17) is 11.6 Å². The summed E-state index contributed by atoms with van der Waals surface area (Å²) in [5, 5.41) is 4.70. The first-order valence-corrected chi connectivity index (χ1v) is 3.70. The molecule has 0 aliphatic rings. The van der Waals surface area contributed by atoms with Crippen LogP contribution in [0.2, 0.25) is 5.15 Å². The molecule has 56 valence electrons. The lowest BCUT2D eigenvalue weighted by Gasteiger charge is -2.02. The maximum Gasteiger partial charge on any atom is 0.153 e. The maximum absolute atomic E-state index is 5.74. The molecule has 0 fully saturated rings. The summed E-state index contributed by atoms with van der Waals surface area (Å²) < 4.78 is 1.86. The van der Waals surface area contributed by atoms with E-state index >= 15 is 0 Å². The minimum atomic E-state index is 0.395. The predicted octanol–water partition coefficient (Wildman–Crippen LogP) is 2.43. The highest BCUT2D eigenvalue weighted by molar-refractivity contribution is 6.30. The minimum Gasteiger partial charge on any atom is -0.268 e. The molecule has 3 heteroatoms. The van der Waals surface area contributed by atoms with Crippen molar-refractivity contribution in [2.24, 2.45) is 0 Å². The summed E-state index contributed by atoms with van der Waals surface area (Å²) in [6.45, 7) is 6.10. The number of halogens is 1. The largest absolute Gasteiger partial charge is 0.268 e. The molecule has 0 saturated carbocycles. The van der Waals surface area contributed by atoms with Gasteiger partial charge in [0.2, 0.25) is 0 Å². The highest BCUT2D eigenvalue weighted by Crippen LogP contribution is 2.14. The standard InChI is InChI=1S/C7H11ClN2/c1-5(2)10-4-6(3)7(8)9-10/h4-5H,1-3H3. The Morgan fingerprint density at radius 3 is 2.40 bits per heavy atom. The quantitative estimate of drug-likeness (QED) is 0.614. The molecule has 0 N–H and O–H groups in total. The van der Waals surface area contributed by atoms with Crippen molar-refractivity contribution in [2.75, 3.05) is 0 Å². The van der Waals surface area contributed by atoms with Gasteiger partial charge in [0, 0.05) is 17.8 Å². The van der Waals surface area contributed by atoms with Crippen LogP contribution in [0.5, 0.6) is 0 Å². The third-order valence-electron chi connectivity index (χ3n) is 1.38. The summed E-state index contributed by atoms with van der Waals surface area (Å²) in [7, 11) is 0. The zero-order chi connectivity index (χ0) is 7.72. The molecule has 0 bridgehead atoms. The van der Waals surface area contributed by atoms with Crippen molar-refractivity contribution >= 4 is 11.6 Å². The van der Waals surface area contributed by atoms with Gasteiger partial charge in [0.15, 0.2) is 5.15 Å². The highest BCUT2D eigenvalue weighted by Gasteiger charge is 2.02. The van der Waals surface area contributed by atoms with Crippen LogP contribution in [0.3, 0.4) is 0 Å². The fourth-order valence-corrected chi connectivity index (χ4v) is 0.861. The molecule has 1 heterocycles. The van der Waals surface area contributed by atoms with E-state index in [0.717, 1.165) is 5.56 Å². The predicted molar refractivity (Wildman–Crippen MR) is 42.4 cm³/mol. The molecule has 0 unspecified atom stereocenters. The summed E-state index contributed by atoms with van der Waals surface area (Å²) in [4.78, 5) is 0. The third-order valence-corrected chi connectivity index (χ3v) is 1.76. The van der Waals surface area contributed by atoms with E-state index in [9.17, 15) is 0 Å². The first kappa shape index (κ1) is 7.61. The van der Waals surface area contributed by atoms with Crippen LogP contribution in [0.4, 0.5) is 0 Å². The second kappa shape index (κ2) is 2.62. The van der Waals surface area contributed by atoms with Crippen molar-refractivity contribution in [1.29, 1.82) is 0 Å². The monoisotopic (exact) mass is 158 g/mol. The summed E-state index contributed by atoms with van der Waals surface area (Å²) >= 11 is 5.74. The van der Waals surface area contributed by atoms with E-state index in [1.54, 1.807) is 0 Å². The van der Waals surface area contributed by atoms with Crippen molar-refractivity contribution in [2.45, 2.75) is 26.8 Å².